The van der Waals surface area contributed by atoms with Crippen LogP contribution in [0.15, 0.2) is 30.3 Å². The topological polar surface area (TPSA) is 128 Å². The van der Waals surface area contributed by atoms with Gasteiger partial charge in [-0.1, -0.05) is 30.3 Å². The minimum absolute atomic E-state index is 0.379. The number of amides is 2. The Balaban J connectivity index is 1.61. The Morgan fingerprint density at radius 1 is 1.19 bits per heavy atom. The minimum Gasteiger partial charge on any atom is -0.427 e. The molecule has 0 bridgehead atoms. The van der Waals surface area contributed by atoms with Gasteiger partial charge in [-0.25, -0.2) is 4.79 Å². The normalized spacial score (nSPS) is 24.8. The lowest BCUT2D eigenvalue weighted by atomic mass is 9.95. The fourth-order valence-corrected chi connectivity index (χ4v) is 5.24. The van der Waals surface area contributed by atoms with Crippen LogP contribution in [0.25, 0.3) is 0 Å². The SMILES string of the molecule is CC(C)(C)C(=O)OCOC(=O)[C@@H]1N2C(=O)[C@H](NC(=O)[C@@H](N)c3ccccc3)[C@@H]2SC1(C)C. The molecule has 0 aliphatic carbocycles. The fraction of sp³-hybridized carbons (Fsp3) is 0.545. The molecule has 3 rings (SSSR count). The molecule has 0 spiro atoms. The summed E-state index contributed by atoms with van der Waals surface area (Å²) in [7, 11) is 0. The summed E-state index contributed by atoms with van der Waals surface area (Å²) in [4.78, 5) is 51.4. The van der Waals surface area contributed by atoms with Crippen LogP contribution in [0.3, 0.4) is 0 Å². The first kappa shape index (κ1) is 24.1. The van der Waals surface area contributed by atoms with Crippen molar-refractivity contribution in [3.63, 3.8) is 0 Å². The number of carbonyl (C=O) groups is 4. The fourth-order valence-electron chi connectivity index (χ4n) is 3.62. The van der Waals surface area contributed by atoms with Crippen LogP contribution in [0.2, 0.25) is 0 Å². The van der Waals surface area contributed by atoms with Gasteiger partial charge in [-0.3, -0.25) is 14.4 Å². The second kappa shape index (κ2) is 8.74. The Morgan fingerprint density at radius 2 is 1.81 bits per heavy atom. The summed E-state index contributed by atoms with van der Waals surface area (Å²) >= 11 is 1.40. The summed E-state index contributed by atoms with van der Waals surface area (Å²) < 4.78 is 9.47. The van der Waals surface area contributed by atoms with E-state index in [9.17, 15) is 19.2 Å². The molecular weight excluding hydrogens is 434 g/mol. The van der Waals surface area contributed by atoms with Gasteiger partial charge in [0.25, 0.3) is 0 Å². The number of nitrogens with one attached hydrogen (secondary N) is 1. The Kier molecular flexibility index (Phi) is 6.57. The lowest BCUT2D eigenvalue weighted by molar-refractivity contribution is -0.180. The Morgan fingerprint density at radius 3 is 2.41 bits per heavy atom. The smallest absolute Gasteiger partial charge is 0.333 e. The second-order valence-corrected chi connectivity index (χ2v) is 11.2. The first-order valence-corrected chi connectivity index (χ1v) is 11.2. The minimum atomic E-state index is -0.907. The lowest BCUT2D eigenvalue weighted by Crippen LogP contribution is -2.71. The molecular formula is C22H29N3O6S. The number of nitrogens with two attached hydrogens (primary N) is 1. The van der Waals surface area contributed by atoms with E-state index in [2.05, 4.69) is 5.32 Å². The maximum atomic E-state index is 12.8. The summed E-state index contributed by atoms with van der Waals surface area (Å²) in [5.74, 6) is -2.00. The zero-order chi connectivity index (χ0) is 23.8. The largest absolute Gasteiger partial charge is 0.427 e. The molecule has 1 aromatic carbocycles. The number of thioether (sulfide) groups is 1. The summed E-state index contributed by atoms with van der Waals surface area (Å²) in [6.45, 7) is 8.20. The van der Waals surface area contributed by atoms with Gasteiger partial charge in [0.1, 0.15) is 23.5 Å². The third-order valence-corrected chi connectivity index (χ3v) is 6.98. The zero-order valence-corrected chi connectivity index (χ0v) is 19.6. The van der Waals surface area contributed by atoms with Crippen molar-refractivity contribution in [2.75, 3.05) is 6.79 Å². The number of esters is 2. The highest BCUT2D eigenvalue weighted by Crippen LogP contribution is 2.51. The van der Waals surface area contributed by atoms with Crippen molar-refractivity contribution >= 4 is 35.5 Å². The second-order valence-electron chi connectivity index (χ2n) is 9.40. The van der Waals surface area contributed by atoms with Crippen LogP contribution >= 0.6 is 11.8 Å². The highest BCUT2D eigenvalue weighted by molar-refractivity contribution is 8.01. The maximum Gasteiger partial charge on any atom is 0.333 e. The van der Waals surface area contributed by atoms with Crippen LogP contribution in [0.4, 0.5) is 0 Å². The molecule has 2 fully saturated rings. The number of benzene rings is 1. The van der Waals surface area contributed by atoms with E-state index in [1.54, 1.807) is 45.0 Å². The molecule has 174 valence electrons. The van der Waals surface area contributed by atoms with Gasteiger partial charge in [0.05, 0.1) is 5.41 Å². The van der Waals surface area contributed by atoms with Gasteiger partial charge in [-0.15, -0.1) is 11.8 Å². The number of ether oxygens (including phenoxy) is 2. The maximum absolute atomic E-state index is 12.8. The number of β-lactam (4-membered cyclic amide) rings is 1. The van der Waals surface area contributed by atoms with Crippen molar-refractivity contribution in [2.24, 2.45) is 11.1 Å². The first-order valence-electron chi connectivity index (χ1n) is 10.3. The van der Waals surface area contributed by atoms with Gasteiger partial charge in [0, 0.05) is 4.75 Å². The van der Waals surface area contributed by atoms with Crippen LogP contribution in [0.5, 0.6) is 0 Å². The zero-order valence-electron chi connectivity index (χ0n) is 18.8. The van der Waals surface area contributed by atoms with E-state index in [4.69, 9.17) is 15.2 Å². The van der Waals surface area contributed by atoms with Crippen molar-refractivity contribution in [1.82, 2.24) is 10.2 Å². The predicted octanol–water partition coefficient (Wildman–Crippen LogP) is 1.32. The van der Waals surface area contributed by atoms with Crippen molar-refractivity contribution < 1.29 is 28.7 Å². The molecule has 0 radical (unpaired) electrons. The van der Waals surface area contributed by atoms with E-state index in [1.165, 1.54) is 16.7 Å². The van der Waals surface area contributed by atoms with Gasteiger partial charge in [0.15, 0.2) is 0 Å². The van der Waals surface area contributed by atoms with E-state index < -0.39 is 58.3 Å². The molecule has 2 amide bonds. The average molecular weight is 464 g/mol. The Hall–Kier alpha value is -2.59. The van der Waals surface area contributed by atoms with E-state index in [-0.39, 0.29) is 5.91 Å². The molecule has 10 heteroatoms. The summed E-state index contributed by atoms with van der Waals surface area (Å²) in [6.07, 6.45) is 0. The number of carbonyl (C=O) groups excluding carboxylic acids is 4. The Labute approximate surface area is 191 Å². The molecule has 9 nitrogen and oxygen atoms in total. The molecule has 3 N–H and O–H groups in total. The van der Waals surface area contributed by atoms with Crippen LogP contribution in [-0.2, 0) is 28.7 Å². The molecule has 0 saturated carbocycles. The summed E-state index contributed by atoms with van der Waals surface area (Å²) in [6, 6.07) is 6.31. The monoisotopic (exact) mass is 463 g/mol. The van der Waals surface area contributed by atoms with Gasteiger partial charge in [-0.05, 0) is 40.2 Å². The highest BCUT2D eigenvalue weighted by atomic mass is 32.2. The van der Waals surface area contributed by atoms with Crippen molar-refractivity contribution in [2.45, 2.75) is 62.9 Å². The molecule has 2 aliphatic rings. The van der Waals surface area contributed by atoms with Gasteiger partial charge in [-0.2, -0.15) is 0 Å². The molecule has 32 heavy (non-hydrogen) atoms. The predicted molar refractivity (Wildman–Crippen MR) is 118 cm³/mol. The van der Waals surface area contributed by atoms with E-state index >= 15 is 0 Å². The third kappa shape index (κ3) is 4.61. The number of hydrogen-bond acceptors (Lipinski definition) is 8. The number of hydrogen-bond donors (Lipinski definition) is 2. The van der Waals surface area contributed by atoms with Crippen molar-refractivity contribution in [3.8, 4) is 0 Å². The molecule has 0 aromatic heterocycles. The standard InChI is InChI=1S/C22H29N3O6S/c1-21(2,3)20(29)31-11-30-19(28)15-22(4,5)32-18-14(17(27)25(15)18)24-16(26)13(23)12-9-7-6-8-10-12/h6-10,13-15,18H,11,23H2,1-5H3,(H,24,26)/t13-,14-,15-,18-/m0/s1. The summed E-state index contributed by atoms with van der Waals surface area (Å²) in [5.41, 5.74) is 5.94. The molecule has 1 aromatic rings. The highest BCUT2D eigenvalue weighted by Gasteiger charge is 2.64. The molecule has 2 heterocycles. The molecule has 2 aliphatic heterocycles. The van der Waals surface area contributed by atoms with Crippen LogP contribution < -0.4 is 11.1 Å². The van der Waals surface area contributed by atoms with Crippen LogP contribution in [0, 0.1) is 5.41 Å². The Bertz CT molecular complexity index is 914. The lowest BCUT2D eigenvalue weighted by Gasteiger charge is -2.44. The van der Waals surface area contributed by atoms with E-state index in [1.807, 2.05) is 19.9 Å². The average Bonchev–Trinajstić information content (AvgIpc) is 2.98. The van der Waals surface area contributed by atoms with E-state index in [0.29, 0.717) is 5.56 Å². The molecule has 0 unspecified atom stereocenters. The van der Waals surface area contributed by atoms with Gasteiger partial charge < -0.3 is 25.4 Å². The molecule has 4 atom stereocenters. The van der Waals surface area contributed by atoms with Gasteiger partial charge >= 0.3 is 11.9 Å². The number of rotatable bonds is 6. The van der Waals surface area contributed by atoms with Crippen molar-refractivity contribution in [1.29, 1.82) is 0 Å². The third-order valence-electron chi connectivity index (χ3n) is 5.41. The first-order chi connectivity index (χ1) is 14.8. The van der Waals surface area contributed by atoms with E-state index in [0.717, 1.165) is 0 Å². The number of fused-ring (bicyclic) bond motifs is 1. The molecule has 2 saturated heterocycles. The van der Waals surface area contributed by atoms with Crippen LogP contribution in [-0.4, -0.2) is 57.7 Å². The van der Waals surface area contributed by atoms with Crippen molar-refractivity contribution in [3.05, 3.63) is 35.9 Å². The number of nitrogens with zero attached hydrogens (tertiary/aromatic N) is 1. The summed E-state index contributed by atoms with van der Waals surface area (Å²) in [5, 5.41) is 2.29. The van der Waals surface area contributed by atoms with Gasteiger partial charge in [0.2, 0.25) is 18.6 Å². The van der Waals surface area contributed by atoms with Crippen LogP contribution in [0.1, 0.15) is 46.2 Å². The quantitative estimate of drug-likeness (QED) is 0.367.